The number of hydrogen-bond acceptors (Lipinski definition) is 3. The lowest BCUT2D eigenvalue weighted by Gasteiger charge is -2.17. The summed E-state index contributed by atoms with van der Waals surface area (Å²) in [5.74, 6) is 2.10. The number of thiophene rings is 1. The van der Waals surface area contributed by atoms with E-state index in [1.54, 1.807) is 13.2 Å². The highest BCUT2D eigenvalue weighted by molar-refractivity contribution is 9.09. The van der Waals surface area contributed by atoms with E-state index >= 15 is 0 Å². The molecule has 2 atom stereocenters. The summed E-state index contributed by atoms with van der Waals surface area (Å²) in [6.07, 6.45) is 3.78. The monoisotopic (exact) mass is 331 g/mol. The molecule has 1 amide bonds. The summed E-state index contributed by atoms with van der Waals surface area (Å²) in [7, 11) is 1.61. The highest BCUT2D eigenvalue weighted by Gasteiger charge is 2.26. The number of methoxy groups -OCH3 is 1. The molecule has 1 heterocycles. The molecular formula is C13H18BrNO2S. The van der Waals surface area contributed by atoms with Crippen molar-refractivity contribution in [1.82, 2.24) is 5.32 Å². The van der Waals surface area contributed by atoms with Crippen LogP contribution in [0.25, 0.3) is 0 Å². The number of carbonyl (C=O) groups is 1. The number of amides is 1. The number of carbonyl (C=O) groups excluding carboxylic acids is 1. The minimum absolute atomic E-state index is 0.0172. The van der Waals surface area contributed by atoms with E-state index in [-0.39, 0.29) is 5.91 Å². The third kappa shape index (κ3) is 3.26. The molecule has 0 aliphatic heterocycles. The molecule has 100 valence electrons. The first-order valence-corrected chi connectivity index (χ1v) is 8.21. The maximum Gasteiger partial charge on any atom is 0.261 e. The first kappa shape index (κ1) is 13.9. The highest BCUT2D eigenvalue weighted by atomic mass is 79.9. The molecule has 1 aliphatic carbocycles. The molecule has 0 radical (unpaired) electrons. The fourth-order valence-electron chi connectivity index (χ4n) is 2.44. The lowest BCUT2D eigenvalue weighted by Crippen LogP contribution is -2.30. The average Bonchev–Trinajstić information content (AvgIpc) is 3.04. The van der Waals surface area contributed by atoms with Gasteiger partial charge in [0, 0.05) is 23.3 Å². The molecule has 18 heavy (non-hydrogen) atoms. The lowest BCUT2D eigenvalue weighted by molar-refractivity contribution is 0.0948. The van der Waals surface area contributed by atoms with Crippen molar-refractivity contribution in [3.05, 3.63) is 16.3 Å². The number of rotatable bonds is 5. The van der Waals surface area contributed by atoms with Gasteiger partial charge in [0.2, 0.25) is 0 Å². The number of nitrogens with one attached hydrogen (secondary N) is 1. The van der Waals surface area contributed by atoms with E-state index in [0.29, 0.717) is 11.8 Å². The van der Waals surface area contributed by atoms with Gasteiger partial charge in [-0.3, -0.25) is 4.79 Å². The first-order chi connectivity index (χ1) is 8.74. The topological polar surface area (TPSA) is 38.3 Å². The van der Waals surface area contributed by atoms with Crippen molar-refractivity contribution in [2.45, 2.75) is 19.3 Å². The van der Waals surface area contributed by atoms with Gasteiger partial charge in [0.1, 0.15) is 5.75 Å². The van der Waals surface area contributed by atoms with Crippen LogP contribution >= 0.6 is 27.3 Å². The SMILES string of the molecule is COc1csc(C(=O)NCC2CCCC2CBr)c1. The summed E-state index contributed by atoms with van der Waals surface area (Å²) < 4.78 is 5.08. The highest BCUT2D eigenvalue weighted by Crippen LogP contribution is 2.32. The van der Waals surface area contributed by atoms with Gasteiger partial charge in [0.25, 0.3) is 5.91 Å². The van der Waals surface area contributed by atoms with Crippen LogP contribution in [0.1, 0.15) is 28.9 Å². The first-order valence-electron chi connectivity index (χ1n) is 6.21. The molecule has 0 spiro atoms. The zero-order chi connectivity index (χ0) is 13.0. The molecule has 3 nitrogen and oxygen atoms in total. The molecule has 2 rings (SSSR count). The smallest absolute Gasteiger partial charge is 0.261 e. The fraction of sp³-hybridized carbons (Fsp3) is 0.615. The zero-order valence-corrected chi connectivity index (χ0v) is 12.9. The van der Waals surface area contributed by atoms with Gasteiger partial charge in [-0.2, -0.15) is 0 Å². The van der Waals surface area contributed by atoms with Crippen molar-refractivity contribution >= 4 is 33.2 Å². The van der Waals surface area contributed by atoms with E-state index in [2.05, 4.69) is 21.2 Å². The predicted octanol–water partition coefficient (Wildman–Crippen LogP) is 3.30. The second kappa shape index (κ2) is 6.57. The Kier molecular flexibility index (Phi) is 5.06. The summed E-state index contributed by atoms with van der Waals surface area (Å²) in [4.78, 5) is 12.7. The largest absolute Gasteiger partial charge is 0.496 e. The van der Waals surface area contributed by atoms with Crippen molar-refractivity contribution in [3.8, 4) is 5.75 Å². The third-order valence-corrected chi connectivity index (χ3v) is 5.31. The lowest BCUT2D eigenvalue weighted by atomic mass is 9.98. The molecule has 2 unspecified atom stereocenters. The van der Waals surface area contributed by atoms with Crippen LogP contribution in [0.3, 0.4) is 0 Å². The fourth-order valence-corrected chi connectivity index (χ4v) is 4.06. The van der Waals surface area contributed by atoms with Crippen LogP contribution < -0.4 is 10.1 Å². The van der Waals surface area contributed by atoms with Crippen LogP contribution in [0.2, 0.25) is 0 Å². The molecule has 1 fully saturated rings. The van der Waals surface area contributed by atoms with Crippen molar-refractivity contribution in [2.75, 3.05) is 19.0 Å². The van der Waals surface area contributed by atoms with E-state index in [0.717, 1.165) is 22.5 Å². The second-order valence-corrected chi connectivity index (χ2v) is 6.22. The van der Waals surface area contributed by atoms with Crippen LogP contribution in [-0.4, -0.2) is 24.9 Å². The zero-order valence-electron chi connectivity index (χ0n) is 10.4. The summed E-state index contributed by atoms with van der Waals surface area (Å²) >= 11 is 4.98. The molecule has 0 aromatic carbocycles. The Morgan fingerprint density at radius 2 is 2.33 bits per heavy atom. The predicted molar refractivity (Wildman–Crippen MR) is 77.8 cm³/mol. The Morgan fingerprint density at radius 1 is 1.56 bits per heavy atom. The molecule has 1 aliphatic rings. The van der Waals surface area contributed by atoms with Crippen LogP contribution in [0, 0.1) is 11.8 Å². The number of halogens is 1. The van der Waals surface area contributed by atoms with E-state index in [1.807, 2.05) is 5.38 Å². The van der Waals surface area contributed by atoms with Crippen molar-refractivity contribution < 1.29 is 9.53 Å². The Hall–Kier alpha value is -0.550. The molecule has 1 aromatic heterocycles. The van der Waals surface area contributed by atoms with Gasteiger partial charge in [0.05, 0.1) is 12.0 Å². The molecule has 1 aromatic rings. The minimum atomic E-state index is 0.0172. The minimum Gasteiger partial charge on any atom is -0.496 e. The molecule has 0 bridgehead atoms. The van der Waals surface area contributed by atoms with Gasteiger partial charge in [0.15, 0.2) is 0 Å². The van der Waals surface area contributed by atoms with Gasteiger partial charge < -0.3 is 10.1 Å². The van der Waals surface area contributed by atoms with Crippen LogP contribution in [0.5, 0.6) is 5.75 Å². The second-order valence-electron chi connectivity index (χ2n) is 4.67. The molecule has 1 N–H and O–H groups in total. The van der Waals surface area contributed by atoms with Gasteiger partial charge in [-0.25, -0.2) is 0 Å². The van der Waals surface area contributed by atoms with E-state index in [9.17, 15) is 4.79 Å². The van der Waals surface area contributed by atoms with Gasteiger partial charge in [-0.05, 0) is 24.7 Å². The maximum atomic E-state index is 12.0. The van der Waals surface area contributed by atoms with Gasteiger partial charge in [-0.15, -0.1) is 11.3 Å². The molecule has 1 saturated carbocycles. The normalized spacial score (nSPS) is 23.0. The summed E-state index contributed by atoms with van der Waals surface area (Å²) in [6.45, 7) is 0.787. The van der Waals surface area contributed by atoms with Crippen molar-refractivity contribution in [3.63, 3.8) is 0 Å². The Morgan fingerprint density at radius 3 is 3.00 bits per heavy atom. The molecule has 5 heteroatoms. The van der Waals surface area contributed by atoms with Gasteiger partial charge >= 0.3 is 0 Å². The third-order valence-electron chi connectivity index (χ3n) is 3.57. The summed E-state index contributed by atoms with van der Waals surface area (Å²) in [5, 5.41) is 5.93. The standard InChI is InChI=1S/C13H18BrNO2S/c1-17-11-5-12(18-8-11)13(16)15-7-10-4-2-3-9(10)6-14/h5,8-10H,2-4,6-7H2,1H3,(H,15,16). The van der Waals surface area contributed by atoms with Crippen molar-refractivity contribution in [1.29, 1.82) is 0 Å². The Bertz CT molecular complexity index is 407. The quantitative estimate of drug-likeness (QED) is 0.840. The van der Waals surface area contributed by atoms with Crippen LogP contribution in [0.15, 0.2) is 11.4 Å². The number of alkyl halides is 1. The number of ether oxygens (including phenoxy) is 1. The van der Waals surface area contributed by atoms with E-state index in [4.69, 9.17) is 4.74 Å². The average molecular weight is 332 g/mol. The van der Waals surface area contributed by atoms with E-state index < -0.39 is 0 Å². The Balaban J connectivity index is 1.84. The Labute approximate surface area is 120 Å². The molecular weight excluding hydrogens is 314 g/mol. The number of hydrogen-bond donors (Lipinski definition) is 1. The molecule has 0 saturated heterocycles. The van der Waals surface area contributed by atoms with Crippen molar-refractivity contribution in [2.24, 2.45) is 11.8 Å². The summed E-state index contributed by atoms with van der Waals surface area (Å²) in [5.41, 5.74) is 0. The van der Waals surface area contributed by atoms with Crippen LogP contribution in [0.4, 0.5) is 0 Å². The van der Waals surface area contributed by atoms with Crippen LogP contribution in [-0.2, 0) is 0 Å². The van der Waals surface area contributed by atoms with E-state index in [1.165, 1.54) is 30.6 Å². The van der Waals surface area contributed by atoms with Gasteiger partial charge in [-0.1, -0.05) is 22.4 Å². The summed E-state index contributed by atoms with van der Waals surface area (Å²) in [6, 6.07) is 1.79. The maximum absolute atomic E-state index is 12.0.